The fourth-order valence-electron chi connectivity index (χ4n) is 1.33. The van der Waals surface area contributed by atoms with Gasteiger partial charge in [0.05, 0.1) is 13.4 Å². The molecule has 0 aliphatic heterocycles. The van der Waals surface area contributed by atoms with Crippen molar-refractivity contribution < 1.29 is 13.9 Å². The first kappa shape index (κ1) is 11.8. The Balaban J connectivity index is 2.59. The van der Waals surface area contributed by atoms with E-state index in [0.29, 0.717) is 6.54 Å². The summed E-state index contributed by atoms with van der Waals surface area (Å²) >= 11 is 0. The minimum Gasteiger partial charge on any atom is -0.469 e. The third-order valence-corrected chi connectivity index (χ3v) is 2.59. The molecule has 0 saturated carbocycles. The Morgan fingerprint density at radius 1 is 1.67 bits per heavy atom. The summed E-state index contributed by atoms with van der Waals surface area (Å²) in [4.78, 5) is 13.2. The summed E-state index contributed by atoms with van der Waals surface area (Å²) in [5, 5.41) is 0. The van der Waals surface area contributed by atoms with E-state index in [2.05, 4.69) is 4.74 Å². The average Bonchev–Trinajstić information content (AvgIpc) is 2.62. The van der Waals surface area contributed by atoms with Gasteiger partial charge in [0.2, 0.25) is 0 Å². The van der Waals surface area contributed by atoms with Crippen LogP contribution in [-0.2, 0) is 16.1 Å². The summed E-state index contributed by atoms with van der Waals surface area (Å²) in [6.45, 7) is 4.41. The summed E-state index contributed by atoms with van der Waals surface area (Å²) in [5.74, 6) is 0.664. The molecule has 1 atom stereocenters. The lowest BCUT2D eigenvalue weighted by molar-refractivity contribution is -0.145. The molecule has 0 saturated heterocycles. The summed E-state index contributed by atoms with van der Waals surface area (Å²) in [6, 6.07) is 1.67. The van der Waals surface area contributed by atoms with Crippen molar-refractivity contribution in [1.29, 1.82) is 0 Å². The molecule has 0 aliphatic rings. The molecule has 0 N–H and O–H groups in total. The average molecular weight is 211 g/mol. The molecule has 1 heterocycles. The highest BCUT2D eigenvalue weighted by Gasteiger charge is 2.19. The summed E-state index contributed by atoms with van der Waals surface area (Å²) in [6.07, 6.45) is 1.65. The number of methoxy groups -OCH3 is 1. The molecular formula is C11H17NO3. The normalized spacial score (nSPS) is 12.9. The fraction of sp³-hybridized carbons (Fsp3) is 0.545. The van der Waals surface area contributed by atoms with Crippen LogP contribution in [0.2, 0.25) is 0 Å². The van der Waals surface area contributed by atoms with Crippen molar-refractivity contribution in [2.24, 2.45) is 0 Å². The molecule has 0 spiro atoms. The number of likely N-dealkylation sites (N-methyl/N-ethyl adjacent to an activating group) is 1. The van der Waals surface area contributed by atoms with Gasteiger partial charge in [-0.25, -0.2) is 0 Å². The number of hydrogen-bond acceptors (Lipinski definition) is 4. The van der Waals surface area contributed by atoms with Gasteiger partial charge in [0.25, 0.3) is 0 Å². The molecule has 1 aromatic heterocycles. The number of carbonyl (C=O) groups excluding carboxylic acids is 1. The smallest absolute Gasteiger partial charge is 0.322 e. The zero-order chi connectivity index (χ0) is 11.4. The highest BCUT2D eigenvalue weighted by Crippen LogP contribution is 2.12. The van der Waals surface area contributed by atoms with Crippen molar-refractivity contribution in [3.63, 3.8) is 0 Å². The Morgan fingerprint density at radius 2 is 2.33 bits per heavy atom. The molecule has 4 nitrogen and oxygen atoms in total. The van der Waals surface area contributed by atoms with Crippen LogP contribution in [0, 0.1) is 6.92 Å². The van der Waals surface area contributed by atoms with Crippen LogP contribution in [0.4, 0.5) is 0 Å². The molecule has 0 bridgehead atoms. The Hall–Kier alpha value is -1.29. The van der Waals surface area contributed by atoms with Gasteiger partial charge >= 0.3 is 5.97 Å². The van der Waals surface area contributed by atoms with Crippen LogP contribution >= 0.6 is 0 Å². The number of hydrogen-bond donors (Lipinski definition) is 0. The topological polar surface area (TPSA) is 42.7 Å². The number of rotatable bonds is 4. The maximum Gasteiger partial charge on any atom is 0.322 e. The predicted molar refractivity (Wildman–Crippen MR) is 56.4 cm³/mol. The van der Waals surface area contributed by atoms with Gasteiger partial charge in [-0.2, -0.15) is 0 Å². The molecule has 15 heavy (non-hydrogen) atoms. The largest absolute Gasteiger partial charge is 0.469 e. The number of furan rings is 1. The van der Waals surface area contributed by atoms with Gasteiger partial charge in [-0.1, -0.05) is 0 Å². The van der Waals surface area contributed by atoms with Gasteiger partial charge in [0.15, 0.2) is 0 Å². The SMILES string of the molecule is COC(=O)[C@H](C)N(C)Cc1ccoc1C. The third kappa shape index (κ3) is 2.83. The van der Waals surface area contributed by atoms with E-state index in [1.54, 1.807) is 6.26 Å². The van der Waals surface area contributed by atoms with E-state index in [4.69, 9.17) is 4.42 Å². The maximum absolute atomic E-state index is 11.3. The zero-order valence-corrected chi connectivity index (χ0v) is 9.61. The molecule has 0 fully saturated rings. The molecule has 0 radical (unpaired) electrons. The predicted octanol–water partition coefficient (Wildman–Crippen LogP) is 1.58. The first-order valence-corrected chi connectivity index (χ1v) is 4.87. The monoisotopic (exact) mass is 211 g/mol. The Morgan fingerprint density at radius 3 is 2.80 bits per heavy atom. The second kappa shape index (κ2) is 4.98. The Labute approximate surface area is 89.8 Å². The lowest BCUT2D eigenvalue weighted by atomic mass is 10.2. The summed E-state index contributed by atoms with van der Waals surface area (Å²) in [5.41, 5.74) is 1.09. The number of ether oxygens (including phenoxy) is 1. The highest BCUT2D eigenvalue weighted by atomic mass is 16.5. The third-order valence-electron chi connectivity index (χ3n) is 2.59. The quantitative estimate of drug-likeness (QED) is 0.709. The highest BCUT2D eigenvalue weighted by molar-refractivity contribution is 5.75. The summed E-state index contributed by atoms with van der Waals surface area (Å²) < 4.78 is 9.87. The van der Waals surface area contributed by atoms with Crippen molar-refractivity contribution in [3.05, 3.63) is 23.7 Å². The van der Waals surface area contributed by atoms with Crippen molar-refractivity contribution in [2.75, 3.05) is 14.2 Å². The molecule has 84 valence electrons. The van der Waals surface area contributed by atoms with Crippen LogP contribution < -0.4 is 0 Å². The first-order valence-electron chi connectivity index (χ1n) is 4.87. The van der Waals surface area contributed by atoms with Crippen LogP contribution in [0.5, 0.6) is 0 Å². The van der Waals surface area contributed by atoms with Gasteiger partial charge in [-0.3, -0.25) is 9.69 Å². The van der Waals surface area contributed by atoms with Crippen LogP contribution in [0.15, 0.2) is 16.7 Å². The Bertz CT molecular complexity index is 332. The Kier molecular flexibility index (Phi) is 3.91. The molecular weight excluding hydrogens is 194 g/mol. The molecule has 1 aromatic rings. The molecule has 0 unspecified atom stereocenters. The minimum absolute atomic E-state index is 0.223. The van der Waals surface area contributed by atoms with E-state index >= 15 is 0 Å². The van der Waals surface area contributed by atoms with E-state index in [0.717, 1.165) is 11.3 Å². The van der Waals surface area contributed by atoms with Crippen molar-refractivity contribution in [1.82, 2.24) is 4.90 Å². The number of nitrogens with zero attached hydrogens (tertiary/aromatic N) is 1. The summed E-state index contributed by atoms with van der Waals surface area (Å²) in [7, 11) is 3.28. The van der Waals surface area contributed by atoms with E-state index in [9.17, 15) is 4.79 Å². The lowest BCUT2D eigenvalue weighted by Gasteiger charge is -2.21. The second-order valence-electron chi connectivity index (χ2n) is 3.62. The molecule has 0 aliphatic carbocycles. The van der Waals surface area contributed by atoms with Crippen LogP contribution in [0.3, 0.4) is 0 Å². The number of aryl methyl sites for hydroxylation is 1. The standard InChI is InChI=1S/C11H17NO3/c1-8(11(13)14-4)12(3)7-10-5-6-15-9(10)2/h5-6,8H,7H2,1-4H3/t8-/m0/s1. The molecule has 0 aromatic carbocycles. The van der Waals surface area contributed by atoms with E-state index in [1.807, 2.05) is 31.9 Å². The number of esters is 1. The van der Waals surface area contributed by atoms with Crippen LogP contribution in [-0.4, -0.2) is 31.1 Å². The van der Waals surface area contributed by atoms with E-state index in [-0.39, 0.29) is 12.0 Å². The zero-order valence-electron chi connectivity index (χ0n) is 9.61. The number of carbonyl (C=O) groups is 1. The second-order valence-corrected chi connectivity index (χ2v) is 3.62. The maximum atomic E-state index is 11.3. The van der Waals surface area contributed by atoms with Crippen molar-refractivity contribution >= 4 is 5.97 Å². The first-order chi connectivity index (χ1) is 7.06. The van der Waals surface area contributed by atoms with Gasteiger partial charge in [-0.15, -0.1) is 0 Å². The van der Waals surface area contributed by atoms with Gasteiger partial charge < -0.3 is 9.15 Å². The fourth-order valence-corrected chi connectivity index (χ4v) is 1.33. The molecule has 4 heteroatoms. The van der Waals surface area contributed by atoms with Crippen LogP contribution in [0.25, 0.3) is 0 Å². The van der Waals surface area contributed by atoms with Gasteiger partial charge in [0, 0.05) is 12.1 Å². The van der Waals surface area contributed by atoms with Gasteiger partial charge in [-0.05, 0) is 27.0 Å². The lowest BCUT2D eigenvalue weighted by Crippen LogP contribution is -2.36. The molecule has 0 amide bonds. The minimum atomic E-state index is -0.246. The van der Waals surface area contributed by atoms with Gasteiger partial charge in [0.1, 0.15) is 11.8 Å². The van der Waals surface area contributed by atoms with E-state index < -0.39 is 0 Å². The van der Waals surface area contributed by atoms with Crippen molar-refractivity contribution in [3.8, 4) is 0 Å². The van der Waals surface area contributed by atoms with Crippen molar-refractivity contribution in [2.45, 2.75) is 26.4 Å². The van der Waals surface area contributed by atoms with Crippen LogP contribution in [0.1, 0.15) is 18.2 Å². The molecule has 1 rings (SSSR count). The van der Waals surface area contributed by atoms with E-state index in [1.165, 1.54) is 7.11 Å².